The van der Waals surface area contributed by atoms with Crippen LogP contribution in [-0.2, 0) is 9.59 Å². The molecule has 1 aromatic carbocycles. The third kappa shape index (κ3) is 4.50. The Kier molecular flexibility index (Phi) is 4.39. The van der Waals surface area contributed by atoms with Gasteiger partial charge < -0.3 is 5.11 Å². The maximum absolute atomic E-state index is 12.5. The summed E-state index contributed by atoms with van der Waals surface area (Å²) >= 11 is 0. The van der Waals surface area contributed by atoms with Gasteiger partial charge in [-0.3, -0.25) is 9.59 Å². The summed E-state index contributed by atoms with van der Waals surface area (Å²) in [4.78, 5) is 21.4. The van der Waals surface area contributed by atoms with Crippen molar-refractivity contribution >= 4 is 17.8 Å². The molecule has 0 amide bonds. The molecule has 84 valence electrons. The van der Waals surface area contributed by atoms with E-state index in [9.17, 15) is 14.0 Å². The fraction of sp³-hybridized carbons (Fsp3) is 0.167. The van der Waals surface area contributed by atoms with Crippen LogP contribution in [0.15, 0.2) is 30.3 Å². The molecule has 0 aliphatic carbocycles. The topological polar surface area (TPSA) is 54.4 Å². The molecule has 16 heavy (non-hydrogen) atoms. The van der Waals surface area contributed by atoms with Crippen molar-refractivity contribution < 1.29 is 19.1 Å². The van der Waals surface area contributed by atoms with Gasteiger partial charge in [0.25, 0.3) is 0 Å². The zero-order valence-corrected chi connectivity index (χ0v) is 8.52. The summed E-state index contributed by atoms with van der Waals surface area (Å²) in [6.45, 7) is 0. The molecule has 1 aromatic rings. The fourth-order valence-corrected chi connectivity index (χ4v) is 1.08. The average molecular weight is 222 g/mol. The van der Waals surface area contributed by atoms with Crippen LogP contribution in [0.25, 0.3) is 6.08 Å². The molecule has 0 heterocycles. The fourth-order valence-electron chi connectivity index (χ4n) is 1.08. The first-order valence-electron chi connectivity index (χ1n) is 4.76. The highest BCUT2D eigenvalue weighted by molar-refractivity contribution is 5.95. The maximum Gasteiger partial charge on any atom is 0.303 e. The SMILES string of the molecule is O=C(O)CCC(=O)C=Cc1ccc(F)cc1. The zero-order valence-electron chi connectivity index (χ0n) is 8.52. The van der Waals surface area contributed by atoms with Gasteiger partial charge in [0.1, 0.15) is 5.82 Å². The molecular weight excluding hydrogens is 211 g/mol. The van der Waals surface area contributed by atoms with E-state index in [1.54, 1.807) is 0 Å². The van der Waals surface area contributed by atoms with Gasteiger partial charge in [-0.05, 0) is 23.8 Å². The van der Waals surface area contributed by atoms with Gasteiger partial charge >= 0.3 is 5.97 Å². The molecule has 0 saturated carbocycles. The summed E-state index contributed by atoms with van der Waals surface area (Å²) in [5, 5.41) is 8.36. The summed E-state index contributed by atoms with van der Waals surface area (Å²) in [6.07, 6.45) is 2.64. The molecule has 0 fully saturated rings. The average Bonchev–Trinajstić information content (AvgIpc) is 2.25. The van der Waals surface area contributed by atoms with E-state index in [0.29, 0.717) is 5.56 Å². The molecular formula is C12H11FO3. The highest BCUT2D eigenvalue weighted by Gasteiger charge is 2.01. The Bertz CT molecular complexity index is 407. The first-order chi connectivity index (χ1) is 7.58. The van der Waals surface area contributed by atoms with Gasteiger partial charge in [-0.15, -0.1) is 0 Å². The lowest BCUT2D eigenvalue weighted by molar-refractivity contribution is -0.138. The number of aliphatic carboxylic acids is 1. The third-order valence-electron chi connectivity index (χ3n) is 1.92. The van der Waals surface area contributed by atoms with E-state index in [0.717, 1.165) is 0 Å². The molecule has 0 atom stereocenters. The number of hydrogen-bond donors (Lipinski definition) is 1. The molecule has 0 aliphatic heterocycles. The summed E-state index contributed by atoms with van der Waals surface area (Å²) in [7, 11) is 0. The Labute approximate surface area is 92.2 Å². The van der Waals surface area contributed by atoms with Gasteiger partial charge in [0.2, 0.25) is 0 Å². The number of ketones is 1. The molecule has 0 aromatic heterocycles. The summed E-state index contributed by atoms with van der Waals surface area (Å²) in [5.74, 6) is -1.59. The number of hydrogen-bond acceptors (Lipinski definition) is 2. The molecule has 0 saturated heterocycles. The first-order valence-corrected chi connectivity index (χ1v) is 4.76. The van der Waals surface area contributed by atoms with Crippen molar-refractivity contribution in [3.05, 3.63) is 41.7 Å². The molecule has 0 unspecified atom stereocenters. The number of carbonyl (C=O) groups is 2. The lowest BCUT2D eigenvalue weighted by Crippen LogP contribution is -1.99. The number of carboxylic acid groups (broad SMARTS) is 1. The predicted molar refractivity (Wildman–Crippen MR) is 57.3 cm³/mol. The van der Waals surface area contributed by atoms with Crippen LogP contribution >= 0.6 is 0 Å². The van der Waals surface area contributed by atoms with Gasteiger partial charge in [0.05, 0.1) is 6.42 Å². The Hall–Kier alpha value is -1.97. The van der Waals surface area contributed by atoms with Crippen molar-refractivity contribution in [2.45, 2.75) is 12.8 Å². The summed E-state index contributed by atoms with van der Waals surface area (Å²) in [6, 6.07) is 5.66. The highest BCUT2D eigenvalue weighted by atomic mass is 19.1. The minimum atomic E-state index is -0.997. The first kappa shape index (κ1) is 12.1. The molecule has 3 nitrogen and oxygen atoms in total. The largest absolute Gasteiger partial charge is 0.481 e. The summed E-state index contributed by atoms with van der Waals surface area (Å²) < 4.78 is 12.5. The van der Waals surface area contributed by atoms with Gasteiger partial charge in [0, 0.05) is 6.42 Å². The van der Waals surface area contributed by atoms with Crippen molar-refractivity contribution in [2.24, 2.45) is 0 Å². The van der Waals surface area contributed by atoms with Crippen LogP contribution in [0.3, 0.4) is 0 Å². The van der Waals surface area contributed by atoms with Crippen LogP contribution in [-0.4, -0.2) is 16.9 Å². The van der Waals surface area contributed by atoms with Crippen molar-refractivity contribution in [3.8, 4) is 0 Å². The molecule has 4 heteroatoms. The minimum Gasteiger partial charge on any atom is -0.481 e. The van der Waals surface area contributed by atoms with Crippen molar-refractivity contribution in [1.29, 1.82) is 0 Å². The maximum atomic E-state index is 12.5. The molecule has 0 bridgehead atoms. The van der Waals surface area contributed by atoms with Crippen LogP contribution < -0.4 is 0 Å². The monoisotopic (exact) mass is 222 g/mol. The van der Waals surface area contributed by atoms with Crippen LogP contribution in [0.4, 0.5) is 4.39 Å². The Morgan fingerprint density at radius 2 is 1.81 bits per heavy atom. The Morgan fingerprint density at radius 1 is 1.19 bits per heavy atom. The summed E-state index contributed by atoms with van der Waals surface area (Å²) in [5.41, 5.74) is 0.699. The van der Waals surface area contributed by atoms with Gasteiger partial charge in [-0.1, -0.05) is 18.2 Å². The molecule has 0 radical (unpaired) electrons. The zero-order chi connectivity index (χ0) is 12.0. The van der Waals surface area contributed by atoms with E-state index in [1.165, 1.54) is 36.4 Å². The molecule has 1 N–H and O–H groups in total. The smallest absolute Gasteiger partial charge is 0.303 e. The Balaban J connectivity index is 2.50. The predicted octanol–water partition coefficient (Wildman–Crippen LogP) is 2.27. The number of carboxylic acids is 1. The minimum absolute atomic E-state index is 0.0208. The lowest BCUT2D eigenvalue weighted by atomic mass is 10.1. The number of carbonyl (C=O) groups excluding carboxylic acids is 1. The number of allylic oxidation sites excluding steroid dienone is 1. The second-order valence-corrected chi connectivity index (χ2v) is 3.24. The number of rotatable bonds is 5. The van der Waals surface area contributed by atoms with Crippen LogP contribution in [0, 0.1) is 5.82 Å². The molecule has 0 aliphatic rings. The van der Waals surface area contributed by atoms with E-state index in [2.05, 4.69) is 0 Å². The second-order valence-electron chi connectivity index (χ2n) is 3.24. The normalized spacial score (nSPS) is 10.6. The van der Waals surface area contributed by atoms with Gasteiger partial charge in [-0.2, -0.15) is 0 Å². The van der Waals surface area contributed by atoms with E-state index in [1.807, 2.05) is 0 Å². The van der Waals surface area contributed by atoms with Gasteiger partial charge in [0.15, 0.2) is 5.78 Å². The van der Waals surface area contributed by atoms with Crippen molar-refractivity contribution in [3.63, 3.8) is 0 Å². The van der Waals surface area contributed by atoms with Crippen LogP contribution in [0.2, 0.25) is 0 Å². The Morgan fingerprint density at radius 3 is 2.38 bits per heavy atom. The number of halogens is 1. The number of benzene rings is 1. The van der Waals surface area contributed by atoms with Gasteiger partial charge in [-0.25, -0.2) is 4.39 Å². The van der Waals surface area contributed by atoms with Crippen LogP contribution in [0.1, 0.15) is 18.4 Å². The quantitative estimate of drug-likeness (QED) is 0.777. The van der Waals surface area contributed by atoms with Crippen LogP contribution in [0.5, 0.6) is 0 Å². The molecule has 1 rings (SSSR count). The van der Waals surface area contributed by atoms with E-state index < -0.39 is 5.97 Å². The lowest BCUT2D eigenvalue weighted by Gasteiger charge is -1.93. The van der Waals surface area contributed by atoms with E-state index >= 15 is 0 Å². The second kappa shape index (κ2) is 5.80. The standard InChI is InChI=1S/C12H11FO3/c13-10-4-1-9(2-5-10)3-6-11(14)7-8-12(15)16/h1-6H,7-8H2,(H,15,16). The van der Waals surface area contributed by atoms with Crippen molar-refractivity contribution in [2.75, 3.05) is 0 Å². The third-order valence-corrected chi connectivity index (χ3v) is 1.92. The van der Waals surface area contributed by atoms with E-state index in [-0.39, 0.29) is 24.4 Å². The molecule has 0 spiro atoms. The highest BCUT2D eigenvalue weighted by Crippen LogP contribution is 2.05. The van der Waals surface area contributed by atoms with E-state index in [4.69, 9.17) is 5.11 Å². The van der Waals surface area contributed by atoms with Crippen molar-refractivity contribution in [1.82, 2.24) is 0 Å².